The number of nitrogens with one attached hydrogen (secondary N) is 1. The van der Waals surface area contributed by atoms with E-state index in [0.29, 0.717) is 15.3 Å². The van der Waals surface area contributed by atoms with Crippen LogP contribution in [0.15, 0.2) is 78.1 Å². The molecule has 16 heteroatoms. The van der Waals surface area contributed by atoms with Crippen LogP contribution in [-0.4, -0.2) is 57.4 Å². The Morgan fingerprint density at radius 1 is 1.07 bits per heavy atom. The first-order valence-electron chi connectivity index (χ1n) is 12.1. The molecular formula is C26H19ClF4N8O3. The highest BCUT2D eigenvalue weighted by molar-refractivity contribution is 6.30. The van der Waals surface area contributed by atoms with Gasteiger partial charge in [-0.25, -0.2) is 23.5 Å². The molecule has 1 unspecified atom stereocenters. The Balaban J connectivity index is 1.44. The summed E-state index contributed by atoms with van der Waals surface area (Å²) >= 11 is 5.91. The summed E-state index contributed by atoms with van der Waals surface area (Å²) in [4.78, 5) is 33.9. The van der Waals surface area contributed by atoms with E-state index in [-0.39, 0.29) is 35.0 Å². The van der Waals surface area contributed by atoms with Crippen molar-refractivity contribution < 1.29 is 27.5 Å². The summed E-state index contributed by atoms with van der Waals surface area (Å²) in [5.74, 6) is -1.30. The fourth-order valence-corrected chi connectivity index (χ4v) is 4.09. The molecule has 3 aromatic heterocycles. The maximum Gasteiger partial charge on any atom is 0.416 e. The third-order valence-electron chi connectivity index (χ3n) is 5.95. The van der Waals surface area contributed by atoms with Crippen LogP contribution in [0.3, 0.4) is 0 Å². The molecule has 0 bridgehead atoms. The Hall–Kier alpha value is -4.89. The first-order valence-corrected chi connectivity index (χ1v) is 12.5. The molecule has 3 heterocycles. The van der Waals surface area contributed by atoms with Gasteiger partial charge in [0.1, 0.15) is 18.7 Å². The van der Waals surface area contributed by atoms with Crippen LogP contribution in [0.4, 0.5) is 23.2 Å². The van der Waals surface area contributed by atoms with Gasteiger partial charge >= 0.3 is 11.9 Å². The van der Waals surface area contributed by atoms with Crippen molar-refractivity contribution in [2.24, 2.45) is 0 Å². The molecule has 11 nitrogen and oxygen atoms in total. The molecule has 42 heavy (non-hydrogen) atoms. The average Bonchev–Trinajstić information content (AvgIpc) is 3.53. The molecule has 216 valence electrons. The summed E-state index contributed by atoms with van der Waals surface area (Å²) in [6.45, 7) is -1.43. The zero-order valence-corrected chi connectivity index (χ0v) is 22.0. The Kier molecular flexibility index (Phi) is 7.87. The van der Waals surface area contributed by atoms with Crippen molar-refractivity contribution in [2.45, 2.75) is 25.4 Å². The topological polar surface area (TPSA) is 133 Å². The summed E-state index contributed by atoms with van der Waals surface area (Å²) in [6.07, 6.45) is -4.24. The maximum atomic E-state index is 13.5. The molecule has 0 aliphatic carbocycles. The van der Waals surface area contributed by atoms with E-state index in [1.54, 1.807) is 18.2 Å². The molecule has 1 atom stereocenters. The molecule has 1 amide bonds. The number of hydrogen-bond donors (Lipinski definition) is 2. The highest BCUT2D eigenvalue weighted by Gasteiger charge is 2.39. The summed E-state index contributed by atoms with van der Waals surface area (Å²) in [5.41, 5.74) is -0.0623. The number of alkyl halides is 3. The van der Waals surface area contributed by atoms with Crippen LogP contribution in [-0.2, 0) is 13.1 Å². The lowest BCUT2D eigenvalue weighted by Gasteiger charge is -2.15. The number of carbonyl (C=O) groups excluding carboxylic acids is 1. The number of hydrogen-bond acceptors (Lipinski definition) is 7. The number of anilines is 1. The van der Waals surface area contributed by atoms with Crippen molar-refractivity contribution in [3.8, 4) is 17.1 Å². The minimum absolute atomic E-state index is 0.0466. The number of aliphatic hydroxyl groups is 1. The second-order valence-electron chi connectivity index (χ2n) is 8.91. The number of para-hydroxylation sites is 1. The van der Waals surface area contributed by atoms with E-state index in [1.807, 2.05) is 0 Å². The number of aliphatic hydroxyl groups excluding tert-OH is 1. The van der Waals surface area contributed by atoms with E-state index in [4.69, 9.17) is 11.6 Å². The van der Waals surface area contributed by atoms with Gasteiger partial charge in [-0.3, -0.25) is 14.3 Å². The van der Waals surface area contributed by atoms with Gasteiger partial charge in [-0.1, -0.05) is 23.7 Å². The van der Waals surface area contributed by atoms with E-state index in [0.717, 1.165) is 16.9 Å². The lowest BCUT2D eigenvalue weighted by atomic mass is 10.1. The molecule has 0 radical (unpaired) electrons. The number of amides is 1. The largest absolute Gasteiger partial charge is 0.416 e. The molecule has 0 saturated carbocycles. The lowest BCUT2D eigenvalue weighted by molar-refractivity contribution is -0.207. The highest BCUT2D eigenvalue weighted by atomic mass is 35.5. The molecule has 0 spiro atoms. The van der Waals surface area contributed by atoms with Gasteiger partial charge in [0, 0.05) is 16.7 Å². The minimum Gasteiger partial charge on any atom is -0.382 e. The molecule has 2 N–H and O–H groups in total. The molecule has 2 aromatic carbocycles. The van der Waals surface area contributed by atoms with Gasteiger partial charge in [-0.05, 0) is 36.4 Å². The van der Waals surface area contributed by atoms with Gasteiger partial charge < -0.3 is 10.4 Å². The van der Waals surface area contributed by atoms with Crippen molar-refractivity contribution >= 4 is 23.2 Å². The van der Waals surface area contributed by atoms with Crippen LogP contribution >= 0.6 is 11.6 Å². The number of benzene rings is 2. The Morgan fingerprint density at radius 3 is 2.52 bits per heavy atom. The highest BCUT2D eigenvalue weighted by Crippen LogP contribution is 2.24. The van der Waals surface area contributed by atoms with Crippen LogP contribution in [0.1, 0.15) is 16.2 Å². The van der Waals surface area contributed by atoms with Crippen molar-refractivity contribution in [2.75, 3.05) is 5.32 Å². The predicted molar refractivity (Wildman–Crippen MR) is 142 cm³/mol. The summed E-state index contributed by atoms with van der Waals surface area (Å²) in [5, 5.41) is 21.0. The fourth-order valence-electron chi connectivity index (χ4n) is 3.96. The minimum atomic E-state index is -4.97. The second-order valence-corrected chi connectivity index (χ2v) is 9.34. The fraction of sp³-hybridized carbons (Fsp3) is 0.154. The van der Waals surface area contributed by atoms with E-state index in [2.05, 4.69) is 25.5 Å². The van der Waals surface area contributed by atoms with Gasteiger partial charge in [0.2, 0.25) is 0 Å². The Bertz CT molecular complexity index is 1800. The smallest absolute Gasteiger partial charge is 0.382 e. The Labute approximate surface area is 238 Å². The predicted octanol–water partition coefficient (Wildman–Crippen LogP) is 3.70. The molecule has 5 aromatic rings. The van der Waals surface area contributed by atoms with Gasteiger partial charge in [0.05, 0.1) is 35.9 Å². The van der Waals surface area contributed by atoms with Crippen molar-refractivity contribution in [1.82, 2.24) is 34.1 Å². The Morgan fingerprint density at radius 2 is 1.81 bits per heavy atom. The van der Waals surface area contributed by atoms with E-state index in [9.17, 15) is 32.3 Å². The maximum absolute atomic E-state index is 13.5. The van der Waals surface area contributed by atoms with Crippen LogP contribution in [0.2, 0.25) is 5.02 Å². The number of nitrogens with zero attached hydrogens (tertiary/aromatic N) is 7. The second kappa shape index (κ2) is 11.5. The third-order valence-corrected chi connectivity index (χ3v) is 6.20. The standard InChI is InChI=1S/C26H19ClF4N8O3/c27-16-7-5-15(6-8-16)23-36-38(25(42)37(23)12-21(40)26(29,30)31)13-22-33-14-39(35-22)20-4-2-1-3-19(20)24(41)34-18-9-17(28)10-32-11-18/h1-11,14,21,40H,12-13H2,(H,34,41). The number of aromatic nitrogens is 7. The summed E-state index contributed by atoms with van der Waals surface area (Å²) in [7, 11) is 0. The summed E-state index contributed by atoms with van der Waals surface area (Å²) < 4.78 is 55.7. The molecule has 0 aliphatic heterocycles. The van der Waals surface area contributed by atoms with E-state index >= 15 is 0 Å². The number of rotatable bonds is 8. The van der Waals surface area contributed by atoms with E-state index < -0.39 is 36.2 Å². The monoisotopic (exact) mass is 602 g/mol. The van der Waals surface area contributed by atoms with Gasteiger partial charge in [0.15, 0.2) is 17.8 Å². The molecule has 0 fully saturated rings. The number of carbonyl (C=O) groups is 1. The van der Waals surface area contributed by atoms with Gasteiger partial charge in [-0.15, -0.1) is 10.2 Å². The van der Waals surface area contributed by atoms with Crippen LogP contribution in [0.25, 0.3) is 17.1 Å². The lowest BCUT2D eigenvalue weighted by Crippen LogP contribution is -2.37. The third kappa shape index (κ3) is 6.21. The zero-order chi connectivity index (χ0) is 30.0. The number of halogens is 5. The first kappa shape index (κ1) is 28.6. The van der Waals surface area contributed by atoms with Crippen LogP contribution in [0.5, 0.6) is 0 Å². The zero-order valence-electron chi connectivity index (χ0n) is 21.2. The average molecular weight is 603 g/mol. The SMILES string of the molecule is O=C(Nc1cncc(F)c1)c1ccccc1-n1cnc(Cn2nc(-c3ccc(Cl)cc3)n(CC(O)C(F)(F)F)c2=O)n1. The normalized spacial score (nSPS) is 12.3. The molecule has 0 saturated heterocycles. The van der Waals surface area contributed by atoms with Crippen LogP contribution < -0.4 is 11.0 Å². The van der Waals surface area contributed by atoms with Crippen molar-refractivity contribution in [3.05, 3.63) is 106 Å². The van der Waals surface area contributed by atoms with Crippen LogP contribution in [0, 0.1) is 5.82 Å². The van der Waals surface area contributed by atoms with Gasteiger partial charge in [-0.2, -0.15) is 13.2 Å². The summed E-state index contributed by atoms with van der Waals surface area (Å²) in [6, 6.07) is 13.3. The van der Waals surface area contributed by atoms with E-state index in [1.165, 1.54) is 47.5 Å². The quantitative estimate of drug-likeness (QED) is 0.259. The molecule has 5 rings (SSSR count). The number of pyridine rings is 1. The molecular weight excluding hydrogens is 584 g/mol. The molecule has 0 aliphatic rings. The first-order chi connectivity index (χ1) is 20.0. The van der Waals surface area contributed by atoms with Crippen molar-refractivity contribution in [1.29, 1.82) is 0 Å². The van der Waals surface area contributed by atoms with Crippen molar-refractivity contribution in [3.63, 3.8) is 0 Å². The van der Waals surface area contributed by atoms with Gasteiger partial charge in [0.25, 0.3) is 5.91 Å².